The molecule has 0 aliphatic carbocycles. The summed E-state index contributed by atoms with van der Waals surface area (Å²) in [6, 6.07) is 6.24. The Balaban J connectivity index is 2.31. The average Bonchev–Trinajstić information content (AvgIpc) is 2.38. The molecule has 19 heavy (non-hydrogen) atoms. The summed E-state index contributed by atoms with van der Waals surface area (Å²) in [7, 11) is 1.79. The normalized spacial score (nSPS) is 23.4. The molecule has 2 atom stereocenters. The summed E-state index contributed by atoms with van der Waals surface area (Å²) in [5.74, 6) is 0.597. The maximum absolute atomic E-state index is 5.84. The molecule has 1 aromatic carbocycles. The fraction of sp³-hybridized carbons (Fsp3) is 0.533. The van der Waals surface area contributed by atoms with Gasteiger partial charge >= 0.3 is 0 Å². The zero-order valence-corrected chi connectivity index (χ0v) is 12.7. The van der Waals surface area contributed by atoms with Gasteiger partial charge in [-0.2, -0.15) is 0 Å². The van der Waals surface area contributed by atoms with Crippen LogP contribution in [0.3, 0.4) is 0 Å². The van der Waals surface area contributed by atoms with Crippen molar-refractivity contribution in [2.75, 3.05) is 25.1 Å². The van der Waals surface area contributed by atoms with E-state index in [1.54, 1.807) is 7.11 Å². The third-order valence-corrected chi connectivity index (χ3v) is 4.17. The Morgan fingerprint density at radius 2 is 2.21 bits per heavy atom. The lowest BCUT2D eigenvalue weighted by molar-refractivity contribution is 0.0498. The monoisotopic (exact) mass is 278 g/mol. The molecule has 0 saturated carbocycles. The second-order valence-electron chi connectivity index (χ2n) is 5.37. The first-order valence-electron chi connectivity index (χ1n) is 6.71. The highest BCUT2D eigenvalue weighted by Crippen LogP contribution is 2.28. The topological polar surface area (TPSA) is 38.5 Å². The molecule has 1 heterocycles. The highest BCUT2D eigenvalue weighted by molar-refractivity contribution is 7.80. The molecule has 0 spiro atoms. The molecule has 4 heteroatoms. The van der Waals surface area contributed by atoms with Crippen LogP contribution in [0.4, 0.5) is 5.69 Å². The van der Waals surface area contributed by atoms with Gasteiger partial charge in [-0.3, -0.25) is 0 Å². The largest absolute Gasteiger partial charge is 0.389 e. The number of hydrogen-bond donors (Lipinski definition) is 1. The van der Waals surface area contributed by atoms with E-state index >= 15 is 0 Å². The number of anilines is 1. The Bertz CT molecular complexity index is 475. The van der Waals surface area contributed by atoms with Crippen LogP contribution in [-0.2, 0) is 4.74 Å². The molecule has 2 unspecified atom stereocenters. The van der Waals surface area contributed by atoms with Gasteiger partial charge in [-0.05, 0) is 37.0 Å². The van der Waals surface area contributed by atoms with Crippen molar-refractivity contribution in [3.63, 3.8) is 0 Å². The zero-order valence-electron chi connectivity index (χ0n) is 11.8. The van der Waals surface area contributed by atoms with E-state index in [1.807, 2.05) is 6.07 Å². The van der Waals surface area contributed by atoms with Crippen LogP contribution in [0.5, 0.6) is 0 Å². The molecule has 0 bridgehead atoms. The first-order valence-corrected chi connectivity index (χ1v) is 7.12. The maximum Gasteiger partial charge on any atom is 0.106 e. The summed E-state index contributed by atoms with van der Waals surface area (Å²) in [4.78, 5) is 2.80. The Morgan fingerprint density at radius 3 is 2.84 bits per heavy atom. The zero-order chi connectivity index (χ0) is 14.0. The molecule has 1 aromatic rings. The van der Waals surface area contributed by atoms with Crippen molar-refractivity contribution < 1.29 is 4.74 Å². The van der Waals surface area contributed by atoms with Crippen LogP contribution in [-0.4, -0.2) is 31.3 Å². The highest BCUT2D eigenvalue weighted by atomic mass is 32.1. The van der Waals surface area contributed by atoms with Crippen LogP contribution in [0.25, 0.3) is 0 Å². The van der Waals surface area contributed by atoms with Gasteiger partial charge < -0.3 is 15.4 Å². The van der Waals surface area contributed by atoms with Crippen molar-refractivity contribution in [3.05, 3.63) is 29.3 Å². The Labute approximate surface area is 120 Å². The molecule has 1 fully saturated rings. The third kappa shape index (κ3) is 3.07. The van der Waals surface area contributed by atoms with Crippen molar-refractivity contribution in [1.82, 2.24) is 0 Å². The van der Waals surface area contributed by atoms with E-state index in [-0.39, 0.29) is 6.10 Å². The van der Waals surface area contributed by atoms with Crippen molar-refractivity contribution in [2.45, 2.75) is 26.4 Å². The minimum atomic E-state index is 0.272. The predicted octanol–water partition coefficient (Wildman–Crippen LogP) is 2.49. The molecule has 2 N–H and O–H groups in total. The molecular formula is C15H22N2OS. The third-order valence-electron chi connectivity index (χ3n) is 3.95. The van der Waals surface area contributed by atoms with Gasteiger partial charge in [0.2, 0.25) is 0 Å². The number of nitrogens with zero attached hydrogens (tertiary/aromatic N) is 1. The number of benzene rings is 1. The van der Waals surface area contributed by atoms with Crippen LogP contribution in [0, 0.1) is 12.8 Å². The van der Waals surface area contributed by atoms with Gasteiger partial charge in [-0.1, -0.05) is 25.2 Å². The lowest BCUT2D eigenvalue weighted by Gasteiger charge is -2.38. The number of ether oxygens (including phenoxy) is 1. The van der Waals surface area contributed by atoms with Gasteiger partial charge in [0.1, 0.15) is 4.99 Å². The maximum atomic E-state index is 5.84. The first kappa shape index (κ1) is 14.3. The summed E-state index contributed by atoms with van der Waals surface area (Å²) in [5, 5.41) is 0. The van der Waals surface area contributed by atoms with Crippen molar-refractivity contribution in [2.24, 2.45) is 11.7 Å². The smallest absolute Gasteiger partial charge is 0.106 e. The van der Waals surface area contributed by atoms with Gasteiger partial charge in [0.25, 0.3) is 0 Å². The summed E-state index contributed by atoms with van der Waals surface area (Å²) < 4.78 is 5.58. The minimum absolute atomic E-state index is 0.272. The van der Waals surface area contributed by atoms with E-state index < -0.39 is 0 Å². The van der Waals surface area contributed by atoms with E-state index in [0.29, 0.717) is 10.9 Å². The molecule has 3 nitrogen and oxygen atoms in total. The summed E-state index contributed by atoms with van der Waals surface area (Å²) in [5.41, 5.74) is 9.17. The number of nitrogens with two attached hydrogens (primary N) is 1. The second kappa shape index (κ2) is 5.88. The van der Waals surface area contributed by atoms with Crippen LogP contribution in [0.15, 0.2) is 18.2 Å². The molecular weight excluding hydrogens is 256 g/mol. The summed E-state index contributed by atoms with van der Waals surface area (Å²) in [6.07, 6.45) is 1.40. The summed E-state index contributed by atoms with van der Waals surface area (Å²) in [6.45, 7) is 6.26. The van der Waals surface area contributed by atoms with Crippen LogP contribution >= 0.6 is 12.2 Å². The molecule has 0 aromatic heterocycles. The number of piperidine rings is 1. The van der Waals surface area contributed by atoms with Crippen LogP contribution < -0.4 is 10.6 Å². The van der Waals surface area contributed by atoms with Crippen molar-refractivity contribution in [1.29, 1.82) is 0 Å². The van der Waals surface area contributed by atoms with Crippen LogP contribution in [0.1, 0.15) is 24.5 Å². The van der Waals surface area contributed by atoms with Gasteiger partial charge in [0.15, 0.2) is 0 Å². The number of aryl methyl sites for hydroxylation is 1. The predicted molar refractivity (Wildman–Crippen MR) is 83.9 cm³/mol. The average molecular weight is 278 g/mol. The summed E-state index contributed by atoms with van der Waals surface area (Å²) >= 11 is 5.16. The number of methoxy groups -OCH3 is 1. The van der Waals surface area contributed by atoms with Crippen LogP contribution in [0.2, 0.25) is 0 Å². The van der Waals surface area contributed by atoms with Crippen molar-refractivity contribution in [3.8, 4) is 0 Å². The first-order chi connectivity index (χ1) is 9.02. The van der Waals surface area contributed by atoms with E-state index in [1.165, 1.54) is 5.56 Å². The van der Waals surface area contributed by atoms with E-state index in [9.17, 15) is 0 Å². The van der Waals surface area contributed by atoms with E-state index in [4.69, 9.17) is 22.7 Å². The highest BCUT2D eigenvalue weighted by Gasteiger charge is 2.27. The molecule has 1 saturated heterocycles. The van der Waals surface area contributed by atoms with E-state index in [2.05, 4.69) is 30.9 Å². The standard InChI is InChI=1S/C15H22N2OS/c1-10-4-5-12(15(16)19)13(8-10)17-7-6-11(2)14(9-17)18-3/h4-5,8,11,14H,6-7,9H2,1-3H3,(H2,16,19). The Kier molecular flexibility index (Phi) is 4.42. The number of hydrogen-bond acceptors (Lipinski definition) is 3. The Hall–Kier alpha value is -1.13. The quantitative estimate of drug-likeness (QED) is 0.862. The number of thiocarbonyl (C=S) groups is 1. The number of rotatable bonds is 3. The molecule has 1 aliphatic rings. The molecule has 0 amide bonds. The van der Waals surface area contributed by atoms with Gasteiger partial charge in [-0.25, -0.2) is 0 Å². The minimum Gasteiger partial charge on any atom is -0.389 e. The lowest BCUT2D eigenvalue weighted by atomic mass is 9.94. The molecule has 2 rings (SSSR count). The Morgan fingerprint density at radius 1 is 1.47 bits per heavy atom. The SMILES string of the molecule is COC1CN(c2cc(C)ccc2C(N)=S)CCC1C. The van der Waals surface area contributed by atoms with Gasteiger partial charge in [0.05, 0.1) is 6.10 Å². The molecule has 0 radical (unpaired) electrons. The second-order valence-corrected chi connectivity index (χ2v) is 5.81. The lowest BCUT2D eigenvalue weighted by Crippen LogP contribution is -2.44. The van der Waals surface area contributed by atoms with Gasteiger partial charge in [-0.15, -0.1) is 0 Å². The fourth-order valence-corrected chi connectivity index (χ4v) is 2.84. The van der Waals surface area contributed by atoms with E-state index in [0.717, 1.165) is 30.8 Å². The molecule has 104 valence electrons. The van der Waals surface area contributed by atoms with Crippen molar-refractivity contribution >= 4 is 22.9 Å². The van der Waals surface area contributed by atoms with Gasteiger partial charge in [0, 0.05) is 31.5 Å². The molecule has 1 aliphatic heterocycles. The fourth-order valence-electron chi connectivity index (χ4n) is 2.67.